The molecule has 3 aliphatic rings. The van der Waals surface area contributed by atoms with Crippen molar-refractivity contribution in [2.45, 2.75) is 51.5 Å². The second-order valence-corrected chi connectivity index (χ2v) is 12.1. The molecular formula is C33H31FN4O4S. The number of hydrogen-bond acceptors (Lipinski definition) is 7. The maximum atomic E-state index is 14.6. The SMILES string of the molecule is O=C(O)c1ccc2nc(CN3CC=C(c4csc(OCc5ccc(C#CC6CC6)cc5F)n4)CC3)n(C[C@@H]3CCO3)c2c1. The number of rotatable bonds is 9. The van der Waals surface area contributed by atoms with E-state index in [1.165, 1.54) is 17.4 Å². The lowest BCUT2D eigenvalue weighted by molar-refractivity contribution is -0.0591. The first-order valence-corrected chi connectivity index (χ1v) is 15.5. The molecule has 0 bridgehead atoms. The topological polar surface area (TPSA) is 89.7 Å². The highest BCUT2D eigenvalue weighted by atomic mass is 32.1. The second-order valence-electron chi connectivity index (χ2n) is 11.3. The van der Waals surface area contributed by atoms with Crippen LogP contribution in [0.3, 0.4) is 0 Å². The minimum atomic E-state index is -0.948. The average Bonchev–Trinajstić information content (AvgIpc) is 3.59. The lowest BCUT2D eigenvalue weighted by atomic mass is 10.1. The molecule has 2 fully saturated rings. The van der Waals surface area contributed by atoms with Gasteiger partial charge in [-0.15, -0.1) is 0 Å². The van der Waals surface area contributed by atoms with Crippen molar-refractivity contribution >= 4 is 33.9 Å². The van der Waals surface area contributed by atoms with Crippen LogP contribution in [-0.4, -0.2) is 56.3 Å². The largest absolute Gasteiger partial charge is 0.478 e. The predicted molar refractivity (Wildman–Crippen MR) is 161 cm³/mol. The molecule has 1 saturated carbocycles. The molecule has 43 heavy (non-hydrogen) atoms. The molecule has 2 aromatic carbocycles. The van der Waals surface area contributed by atoms with Crippen LogP contribution in [0, 0.1) is 23.6 Å². The van der Waals surface area contributed by atoms with Gasteiger partial charge in [0.1, 0.15) is 18.2 Å². The summed E-state index contributed by atoms with van der Waals surface area (Å²) in [6.45, 7) is 3.76. The van der Waals surface area contributed by atoms with Crippen molar-refractivity contribution in [1.82, 2.24) is 19.4 Å². The number of carboxylic acid groups (broad SMARTS) is 1. The first-order chi connectivity index (χ1) is 21.0. The predicted octanol–water partition coefficient (Wildman–Crippen LogP) is 5.75. The minimum absolute atomic E-state index is 0.114. The van der Waals surface area contributed by atoms with Crippen LogP contribution < -0.4 is 4.74 Å². The zero-order valence-corrected chi connectivity index (χ0v) is 24.4. The maximum Gasteiger partial charge on any atom is 0.335 e. The van der Waals surface area contributed by atoms with Crippen LogP contribution >= 0.6 is 11.3 Å². The highest BCUT2D eigenvalue weighted by Crippen LogP contribution is 2.30. The normalized spacial score (nSPS) is 18.5. The zero-order chi connectivity index (χ0) is 29.3. The van der Waals surface area contributed by atoms with E-state index in [-0.39, 0.29) is 24.1 Å². The summed E-state index contributed by atoms with van der Waals surface area (Å²) in [6.07, 6.45) is 6.42. The minimum Gasteiger partial charge on any atom is -0.478 e. The van der Waals surface area contributed by atoms with Gasteiger partial charge < -0.3 is 19.1 Å². The van der Waals surface area contributed by atoms with E-state index in [0.717, 1.165) is 73.5 Å². The van der Waals surface area contributed by atoms with Crippen molar-refractivity contribution in [3.8, 4) is 17.0 Å². The van der Waals surface area contributed by atoms with Gasteiger partial charge in [0.25, 0.3) is 5.19 Å². The Morgan fingerprint density at radius 2 is 2.07 bits per heavy atom. The van der Waals surface area contributed by atoms with E-state index in [1.807, 2.05) is 11.4 Å². The molecule has 4 heterocycles. The van der Waals surface area contributed by atoms with Crippen molar-refractivity contribution in [2.24, 2.45) is 5.92 Å². The molecule has 1 saturated heterocycles. The van der Waals surface area contributed by atoms with Gasteiger partial charge >= 0.3 is 5.97 Å². The molecule has 4 aromatic rings. The zero-order valence-electron chi connectivity index (χ0n) is 23.6. The van der Waals surface area contributed by atoms with E-state index in [9.17, 15) is 14.3 Å². The average molecular weight is 599 g/mol. The molecule has 0 radical (unpaired) electrons. The number of thiazole rings is 1. The van der Waals surface area contributed by atoms with Crippen molar-refractivity contribution in [1.29, 1.82) is 0 Å². The van der Waals surface area contributed by atoms with E-state index >= 15 is 0 Å². The van der Waals surface area contributed by atoms with E-state index < -0.39 is 5.97 Å². The Balaban J connectivity index is 0.988. The number of carbonyl (C=O) groups is 1. The molecule has 1 atom stereocenters. The Hall–Kier alpha value is -4.04. The highest BCUT2D eigenvalue weighted by Gasteiger charge is 2.24. The molecule has 0 amide bonds. The number of nitrogens with zero attached hydrogens (tertiary/aromatic N) is 4. The van der Waals surface area contributed by atoms with Crippen molar-refractivity contribution < 1.29 is 23.8 Å². The van der Waals surface area contributed by atoms with Gasteiger partial charge in [-0.25, -0.2) is 19.2 Å². The molecule has 1 N–H and O–H groups in total. The van der Waals surface area contributed by atoms with Gasteiger partial charge in [-0.1, -0.05) is 35.3 Å². The van der Waals surface area contributed by atoms with Gasteiger partial charge in [0.05, 0.1) is 41.5 Å². The number of benzene rings is 2. The lowest BCUT2D eigenvalue weighted by Crippen LogP contribution is -2.33. The van der Waals surface area contributed by atoms with Gasteiger partial charge in [-0.2, -0.15) is 0 Å². The number of aromatic carboxylic acids is 1. The van der Waals surface area contributed by atoms with E-state index in [1.54, 1.807) is 24.3 Å². The molecule has 220 valence electrons. The monoisotopic (exact) mass is 598 g/mol. The van der Waals surface area contributed by atoms with E-state index in [0.29, 0.717) is 35.3 Å². The standard InChI is InChI=1S/C33H31FN4O4S/c34-27-15-22(4-3-21-1-2-21)5-6-25(27)19-42-33-36-29(20-43-33)23-9-12-37(13-10-23)18-31-35-28-8-7-24(32(39)40)16-30(28)38(31)17-26-11-14-41-26/h5-9,15-16,20-21,26H,1-2,10-14,17-19H2,(H,39,40)/t26-/m0/s1. The van der Waals surface area contributed by atoms with Crippen LogP contribution in [0.1, 0.15) is 58.7 Å². The van der Waals surface area contributed by atoms with Crippen LogP contribution in [0.5, 0.6) is 5.19 Å². The van der Waals surface area contributed by atoms with Gasteiger partial charge in [0, 0.05) is 42.1 Å². The first-order valence-electron chi connectivity index (χ1n) is 14.6. The first kappa shape index (κ1) is 27.8. The van der Waals surface area contributed by atoms with E-state index in [4.69, 9.17) is 14.5 Å². The Kier molecular flexibility index (Phi) is 7.70. The lowest BCUT2D eigenvalue weighted by Gasteiger charge is -2.29. The Morgan fingerprint density at radius 3 is 2.79 bits per heavy atom. The molecule has 0 unspecified atom stereocenters. The molecule has 0 spiro atoms. The summed E-state index contributed by atoms with van der Waals surface area (Å²) in [5.74, 6) is 6.33. The van der Waals surface area contributed by atoms with Crippen LogP contribution in [-0.2, 0) is 24.4 Å². The third-order valence-electron chi connectivity index (χ3n) is 8.13. The summed E-state index contributed by atoms with van der Waals surface area (Å²) < 4.78 is 28.2. The Bertz CT molecular complexity index is 1780. The van der Waals surface area contributed by atoms with Gasteiger partial charge in [0.15, 0.2) is 0 Å². The fourth-order valence-electron chi connectivity index (χ4n) is 5.32. The fraction of sp³-hybridized carbons (Fsp3) is 0.364. The van der Waals surface area contributed by atoms with E-state index in [2.05, 4.69) is 32.4 Å². The summed E-state index contributed by atoms with van der Waals surface area (Å²) in [6, 6.07) is 10.1. The summed E-state index contributed by atoms with van der Waals surface area (Å²) in [4.78, 5) is 23.4. The van der Waals surface area contributed by atoms with Crippen LogP contribution in [0.25, 0.3) is 16.6 Å². The molecule has 7 rings (SSSR count). The van der Waals surface area contributed by atoms with Crippen LogP contribution in [0.2, 0.25) is 0 Å². The fourth-order valence-corrected chi connectivity index (χ4v) is 6.01. The smallest absolute Gasteiger partial charge is 0.335 e. The van der Waals surface area contributed by atoms with Crippen LogP contribution in [0.15, 0.2) is 47.9 Å². The third-order valence-corrected chi connectivity index (χ3v) is 8.88. The number of ether oxygens (including phenoxy) is 2. The number of imidazole rings is 1. The molecule has 2 aromatic heterocycles. The molecule has 8 nitrogen and oxygen atoms in total. The summed E-state index contributed by atoms with van der Waals surface area (Å²) in [5.41, 5.74) is 5.10. The van der Waals surface area contributed by atoms with Crippen LogP contribution in [0.4, 0.5) is 4.39 Å². The van der Waals surface area contributed by atoms with Gasteiger partial charge in [0.2, 0.25) is 0 Å². The second kappa shape index (κ2) is 11.9. The van der Waals surface area contributed by atoms with Crippen molar-refractivity contribution in [2.75, 3.05) is 19.7 Å². The number of halogens is 1. The summed E-state index contributed by atoms with van der Waals surface area (Å²) in [5, 5.41) is 12.0. The van der Waals surface area contributed by atoms with Crippen molar-refractivity contribution in [3.63, 3.8) is 0 Å². The summed E-state index contributed by atoms with van der Waals surface area (Å²) >= 11 is 1.41. The number of aromatic nitrogens is 3. The Morgan fingerprint density at radius 1 is 1.19 bits per heavy atom. The number of carboxylic acids is 1. The Labute approximate surface area is 252 Å². The van der Waals surface area contributed by atoms with Crippen molar-refractivity contribution in [3.05, 3.63) is 81.9 Å². The summed E-state index contributed by atoms with van der Waals surface area (Å²) in [7, 11) is 0. The molecular weight excluding hydrogens is 567 g/mol. The maximum absolute atomic E-state index is 14.6. The van der Waals surface area contributed by atoms with Gasteiger partial charge in [-0.05, 0) is 61.6 Å². The number of hydrogen-bond donors (Lipinski definition) is 1. The highest BCUT2D eigenvalue weighted by molar-refractivity contribution is 7.11. The number of fused-ring (bicyclic) bond motifs is 1. The quantitative estimate of drug-likeness (QED) is 0.246. The third kappa shape index (κ3) is 6.34. The molecule has 2 aliphatic heterocycles. The molecule has 1 aliphatic carbocycles. The molecule has 10 heteroatoms. The van der Waals surface area contributed by atoms with Gasteiger partial charge in [-0.3, -0.25) is 4.90 Å².